The third kappa shape index (κ3) is 4.93. The molecule has 10 heteroatoms. The molecule has 0 saturated carbocycles. The van der Waals surface area contributed by atoms with Crippen LogP contribution >= 0.6 is 0 Å². The largest absolute Gasteiger partial charge is 0.494 e. The maximum absolute atomic E-state index is 13.8. The van der Waals surface area contributed by atoms with Crippen molar-refractivity contribution in [2.75, 3.05) is 31.9 Å². The van der Waals surface area contributed by atoms with Crippen molar-refractivity contribution in [1.82, 2.24) is 5.32 Å². The number of nitro groups is 1. The van der Waals surface area contributed by atoms with Gasteiger partial charge in [0.05, 0.1) is 29.9 Å². The lowest BCUT2D eigenvalue weighted by atomic mass is 10.1. The molecule has 28 heavy (non-hydrogen) atoms. The highest BCUT2D eigenvalue weighted by Gasteiger charge is 2.20. The molecule has 2 aromatic rings. The molecule has 0 bridgehead atoms. The van der Waals surface area contributed by atoms with Crippen LogP contribution in [-0.4, -0.2) is 48.0 Å². The Kier molecular flexibility index (Phi) is 7.24. The summed E-state index contributed by atoms with van der Waals surface area (Å²) in [6.45, 7) is -0.786. The van der Waals surface area contributed by atoms with Gasteiger partial charge in [0, 0.05) is 25.2 Å². The SMILES string of the molecule is COc1ccc(CNC(=O)c2cc([N+](=O)[O-])ccc2N(CO)CCO)cc1F. The van der Waals surface area contributed by atoms with Crippen LogP contribution < -0.4 is 15.0 Å². The van der Waals surface area contributed by atoms with Gasteiger partial charge in [0.1, 0.15) is 6.73 Å². The number of carbonyl (C=O) groups excluding carboxylic acids is 1. The van der Waals surface area contributed by atoms with E-state index in [1.54, 1.807) is 6.07 Å². The molecule has 0 atom stereocenters. The number of methoxy groups -OCH3 is 1. The maximum atomic E-state index is 13.8. The summed E-state index contributed by atoms with van der Waals surface area (Å²) in [6, 6.07) is 7.81. The van der Waals surface area contributed by atoms with Crippen LogP contribution in [0.2, 0.25) is 0 Å². The lowest BCUT2D eigenvalue weighted by Crippen LogP contribution is -2.31. The third-order valence-electron chi connectivity index (χ3n) is 3.99. The Morgan fingerprint density at radius 2 is 2.04 bits per heavy atom. The molecule has 0 aliphatic heterocycles. The molecule has 2 aromatic carbocycles. The number of halogens is 1. The van der Waals surface area contributed by atoms with Gasteiger partial charge in [-0.1, -0.05) is 6.07 Å². The topological polar surface area (TPSA) is 125 Å². The Labute approximate surface area is 160 Å². The number of amides is 1. The van der Waals surface area contributed by atoms with Gasteiger partial charge in [0.15, 0.2) is 11.6 Å². The first-order valence-corrected chi connectivity index (χ1v) is 8.27. The minimum atomic E-state index is -0.647. The summed E-state index contributed by atoms with van der Waals surface area (Å²) in [5.41, 5.74) is 0.338. The van der Waals surface area contributed by atoms with E-state index in [0.29, 0.717) is 5.56 Å². The second-order valence-corrected chi connectivity index (χ2v) is 5.74. The maximum Gasteiger partial charge on any atom is 0.270 e. The van der Waals surface area contributed by atoms with Crippen molar-refractivity contribution in [3.05, 3.63) is 63.5 Å². The van der Waals surface area contributed by atoms with Crippen LogP contribution in [0.4, 0.5) is 15.8 Å². The van der Waals surface area contributed by atoms with Crippen molar-refractivity contribution in [3.8, 4) is 5.75 Å². The fraction of sp³-hybridized carbons (Fsp3) is 0.278. The number of aliphatic hydroxyl groups excluding tert-OH is 2. The van der Waals surface area contributed by atoms with E-state index in [1.165, 1.54) is 36.3 Å². The summed E-state index contributed by atoms with van der Waals surface area (Å²) in [5.74, 6) is -1.16. The quantitative estimate of drug-likeness (QED) is 0.334. The Morgan fingerprint density at radius 3 is 2.61 bits per heavy atom. The van der Waals surface area contributed by atoms with Gasteiger partial charge in [-0.25, -0.2) is 4.39 Å². The van der Waals surface area contributed by atoms with Crippen molar-refractivity contribution in [2.24, 2.45) is 0 Å². The second-order valence-electron chi connectivity index (χ2n) is 5.74. The first kappa shape index (κ1) is 21.1. The van der Waals surface area contributed by atoms with Gasteiger partial charge in [-0.05, 0) is 23.8 Å². The van der Waals surface area contributed by atoms with Crippen LogP contribution in [0, 0.1) is 15.9 Å². The van der Waals surface area contributed by atoms with E-state index < -0.39 is 23.4 Å². The highest BCUT2D eigenvalue weighted by Crippen LogP contribution is 2.26. The lowest BCUT2D eigenvalue weighted by Gasteiger charge is -2.23. The Hall–Kier alpha value is -3.24. The van der Waals surface area contributed by atoms with E-state index >= 15 is 0 Å². The number of carbonyl (C=O) groups is 1. The van der Waals surface area contributed by atoms with E-state index in [9.17, 15) is 24.4 Å². The Bertz CT molecular complexity index is 861. The zero-order valence-electron chi connectivity index (χ0n) is 15.1. The van der Waals surface area contributed by atoms with Crippen molar-refractivity contribution >= 4 is 17.3 Å². The molecule has 0 unspecified atom stereocenters. The highest BCUT2D eigenvalue weighted by molar-refractivity contribution is 6.00. The molecule has 0 saturated heterocycles. The zero-order valence-corrected chi connectivity index (χ0v) is 15.1. The minimum absolute atomic E-state index is 0.0261. The first-order valence-electron chi connectivity index (χ1n) is 8.27. The molecule has 3 N–H and O–H groups in total. The third-order valence-corrected chi connectivity index (χ3v) is 3.99. The van der Waals surface area contributed by atoms with Gasteiger partial charge >= 0.3 is 0 Å². The molecule has 0 aromatic heterocycles. The summed E-state index contributed by atoms with van der Waals surface area (Å²) in [7, 11) is 1.34. The molecular formula is C18H20FN3O6. The minimum Gasteiger partial charge on any atom is -0.494 e. The predicted octanol–water partition coefficient (Wildman–Crippen LogP) is 1.42. The number of ether oxygens (including phenoxy) is 1. The first-order chi connectivity index (χ1) is 13.4. The number of aliphatic hydroxyl groups is 2. The van der Waals surface area contributed by atoms with Gasteiger partial charge in [-0.2, -0.15) is 0 Å². The summed E-state index contributed by atoms with van der Waals surface area (Å²) in [5, 5.41) is 32.2. The molecule has 0 heterocycles. The molecule has 0 spiro atoms. The smallest absolute Gasteiger partial charge is 0.270 e. The van der Waals surface area contributed by atoms with E-state index in [0.717, 1.165) is 6.07 Å². The van der Waals surface area contributed by atoms with Gasteiger partial charge in [-0.15, -0.1) is 0 Å². The zero-order chi connectivity index (χ0) is 20.7. The number of anilines is 1. The standard InChI is InChI=1S/C18H20FN3O6/c1-28-17-5-2-12(8-15(17)19)10-20-18(25)14-9-13(22(26)27)3-4-16(14)21(11-24)6-7-23/h2-5,8-9,23-24H,6-7,10-11H2,1H3,(H,20,25). The number of benzene rings is 2. The van der Waals surface area contributed by atoms with E-state index in [-0.39, 0.29) is 42.4 Å². The Morgan fingerprint density at radius 1 is 1.29 bits per heavy atom. The van der Waals surface area contributed by atoms with Crippen molar-refractivity contribution in [2.45, 2.75) is 6.54 Å². The number of non-ortho nitro benzene ring substituents is 1. The average Bonchev–Trinajstić information content (AvgIpc) is 2.69. The molecule has 0 aliphatic rings. The molecule has 150 valence electrons. The summed E-state index contributed by atoms with van der Waals surface area (Å²) >= 11 is 0. The van der Waals surface area contributed by atoms with Crippen LogP contribution in [0.5, 0.6) is 5.75 Å². The normalized spacial score (nSPS) is 10.4. The lowest BCUT2D eigenvalue weighted by molar-refractivity contribution is -0.384. The molecule has 0 fully saturated rings. The Balaban J connectivity index is 2.27. The second kappa shape index (κ2) is 9.62. The van der Waals surface area contributed by atoms with Crippen LogP contribution in [0.25, 0.3) is 0 Å². The van der Waals surface area contributed by atoms with Crippen LogP contribution in [0.1, 0.15) is 15.9 Å². The number of nitro benzene ring substituents is 1. The fourth-order valence-electron chi connectivity index (χ4n) is 2.58. The molecular weight excluding hydrogens is 373 g/mol. The highest BCUT2D eigenvalue weighted by atomic mass is 19.1. The monoisotopic (exact) mass is 393 g/mol. The van der Waals surface area contributed by atoms with Crippen molar-refractivity contribution in [1.29, 1.82) is 0 Å². The van der Waals surface area contributed by atoms with E-state index in [1.807, 2.05) is 0 Å². The molecule has 9 nitrogen and oxygen atoms in total. The van der Waals surface area contributed by atoms with Crippen LogP contribution in [0.3, 0.4) is 0 Å². The molecule has 2 rings (SSSR count). The number of nitrogens with one attached hydrogen (secondary N) is 1. The summed E-state index contributed by atoms with van der Waals surface area (Å²) in [6.07, 6.45) is 0. The van der Waals surface area contributed by atoms with Gasteiger partial charge in [0.25, 0.3) is 11.6 Å². The van der Waals surface area contributed by atoms with Crippen LogP contribution in [0.15, 0.2) is 36.4 Å². The van der Waals surface area contributed by atoms with E-state index in [4.69, 9.17) is 9.84 Å². The average molecular weight is 393 g/mol. The molecule has 0 radical (unpaired) electrons. The van der Waals surface area contributed by atoms with Crippen molar-refractivity contribution in [3.63, 3.8) is 0 Å². The van der Waals surface area contributed by atoms with Gasteiger partial charge in [0.2, 0.25) is 0 Å². The van der Waals surface area contributed by atoms with Crippen molar-refractivity contribution < 1.29 is 29.1 Å². The summed E-state index contributed by atoms with van der Waals surface area (Å²) < 4.78 is 18.6. The van der Waals surface area contributed by atoms with Crippen LogP contribution in [-0.2, 0) is 6.54 Å². The number of nitrogens with zero attached hydrogens (tertiary/aromatic N) is 2. The number of hydrogen-bond acceptors (Lipinski definition) is 7. The fourth-order valence-corrected chi connectivity index (χ4v) is 2.58. The number of hydrogen-bond donors (Lipinski definition) is 3. The van der Waals surface area contributed by atoms with Gasteiger partial charge < -0.3 is 25.2 Å². The predicted molar refractivity (Wildman–Crippen MR) is 98.7 cm³/mol. The molecule has 0 aliphatic carbocycles. The number of rotatable bonds is 9. The van der Waals surface area contributed by atoms with E-state index in [2.05, 4.69) is 5.32 Å². The summed E-state index contributed by atoms with van der Waals surface area (Å²) in [4.78, 5) is 24.3. The van der Waals surface area contributed by atoms with Gasteiger partial charge in [-0.3, -0.25) is 14.9 Å². The molecule has 1 amide bonds.